The molecule has 1 aliphatic rings. The fourth-order valence-corrected chi connectivity index (χ4v) is 10.9. The Balaban J connectivity index is 0.966. The third-order valence-corrected chi connectivity index (χ3v) is 13.9. The van der Waals surface area contributed by atoms with Gasteiger partial charge in [-0.05, 0) is 137 Å². The van der Waals surface area contributed by atoms with Crippen LogP contribution >= 0.6 is 0 Å². The van der Waals surface area contributed by atoms with Crippen molar-refractivity contribution in [2.75, 3.05) is 4.90 Å². The Bertz CT molecular complexity index is 3710. The number of hydrogen-bond acceptors (Lipinski definition) is 1. The molecule has 0 atom stereocenters. The molecule has 12 aromatic rings. The van der Waals surface area contributed by atoms with Crippen LogP contribution in [-0.2, 0) is 5.41 Å². The highest BCUT2D eigenvalue weighted by atomic mass is 15.1. The predicted octanol–water partition coefficient (Wildman–Crippen LogP) is 16.8. The van der Waals surface area contributed by atoms with Gasteiger partial charge in [-0.2, -0.15) is 0 Å². The first-order valence-electron chi connectivity index (χ1n) is 22.0. The monoisotopic (exact) mass is 802 g/mol. The van der Waals surface area contributed by atoms with Crippen LogP contribution in [0.1, 0.15) is 25.0 Å². The Kier molecular flexibility index (Phi) is 7.68. The number of benzene rings is 11. The van der Waals surface area contributed by atoms with Crippen molar-refractivity contribution >= 4 is 71.2 Å². The number of para-hydroxylation sites is 1. The zero-order valence-corrected chi connectivity index (χ0v) is 35.2. The molecule has 1 aromatic heterocycles. The van der Waals surface area contributed by atoms with Gasteiger partial charge < -0.3 is 9.47 Å². The average Bonchev–Trinajstić information content (AvgIpc) is 3.79. The van der Waals surface area contributed by atoms with Gasteiger partial charge in [0, 0.05) is 38.9 Å². The molecule has 0 radical (unpaired) electrons. The van der Waals surface area contributed by atoms with Crippen LogP contribution in [-0.4, -0.2) is 4.57 Å². The van der Waals surface area contributed by atoms with Crippen molar-refractivity contribution in [1.82, 2.24) is 4.57 Å². The van der Waals surface area contributed by atoms with E-state index in [1.807, 2.05) is 0 Å². The van der Waals surface area contributed by atoms with Crippen LogP contribution in [0.3, 0.4) is 0 Å². The molecule has 2 heteroatoms. The average molecular weight is 803 g/mol. The van der Waals surface area contributed by atoms with E-state index in [4.69, 9.17) is 0 Å². The van der Waals surface area contributed by atoms with E-state index in [2.05, 4.69) is 242 Å². The van der Waals surface area contributed by atoms with Gasteiger partial charge in [0.25, 0.3) is 0 Å². The normalized spacial score (nSPS) is 13.0. The summed E-state index contributed by atoms with van der Waals surface area (Å²) in [6.07, 6.45) is 0. The Morgan fingerprint density at radius 1 is 0.349 bits per heavy atom. The minimum atomic E-state index is -0.0866. The first kappa shape index (κ1) is 35.8. The van der Waals surface area contributed by atoms with Crippen LogP contribution in [0.5, 0.6) is 0 Å². The highest BCUT2D eigenvalue weighted by Gasteiger charge is 2.35. The number of aromatic nitrogens is 1. The topological polar surface area (TPSA) is 8.17 Å². The van der Waals surface area contributed by atoms with Gasteiger partial charge in [-0.25, -0.2) is 0 Å². The molecule has 296 valence electrons. The fourth-order valence-electron chi connectivity index (χ4n) is 10.9. The van der Waals surface area contributed by atoms with E-state index < -0.39 is 0 Å². The van der Waals surface area contributed by atoms with Gasteiger partial charge in [-0.3, -0.25) is 0 Å². The molecule has 0 aliphatic heterocycles. The van der Waals surface area contributed by atoms with Crippen LogP contribution in [0, 0.1) is 0 Å². The van der Waals surface area contributed by atoms with E-state index in [0.29, 0.717) is 0 Å². The number of anilines is 3. The van der Waals surface area contributed by atoms with Crippen LogP contribution in [0.15, 0.2) is 218 Å². The van der Waals surface area contributed by atoms with Gasteiger partial charge in [-0.1, -0.05) is 172 Å². The van der Waals surface area contributed by atoms with Crippen molar-refractivity contribution in [3.05, 3.63) is 230 Å². The number of hydrogen-bond donors (Lipinski definition) is 0. The summed E-state index contributed by atoms with van der Waals surface area (Å²) >= 11 is 0. The Hall–Kier alpha value is -7.94. The molecule has 0 spiro atoms. The number of fused-ring (bicyclic) bond motifs is 7. The fraction of sp³-hybridized carbons (Fsp3) is 0.0492. The molecule has 1 aliphatic carbocycles. The van der Waals surface area contributed by atoms with E-state index in [1.54, 1.807) is 0 Å². The highest BCUT2D eigenvalue weighted by Crippen LogP contribution is 2.51. The van der Waals surface area contributed by atoms with Crippen molar-refractivity contribution in [2.24, 2.45) is 0 Å². The van der Waals surface area contributed by atoms with E-state index in [9.17, 15) is 0 Å². The van der Waals surface area contributed by atoms with Crippen molar-refractivity contribution in [3.63, 3.8) is 0 Å². The highest BCUT2D eigenvalue weighted by molar-refractivity contribution is 6.33. The standard InChI is InChI=1S/C61H42N2/c1-61(2)54-19-10-9-18-50(54)51-35-32-49(38-55(51)61)62(46-16-7-4-8-17-46)47-28-24-41(25-29-47)44-27-33-52-56(36-44)63(48-30-22-40(23-31-48)39-12-5-3-6-13-39)57-37-45-21-20-42-14-11-15-43-26-34-53(60(52)57)59(45)58(42)43/h3-38H,1-2H3. The van der Waals surface area contributed by atoms with Crippen LogP contribution in [0.2, 0.25) is 0 Å². The molecule has 63 heavy (non-hydrogen) atoms. The molecule has 1 heterocycles. The summed E-state index contributed by atoms with van der Waals surface area (Å²) in [6, 6.07) is 80.9. The summed E-state index contributed by atoms with van der Waals surface area (Å²) in [7, 11) is 0. The van der Waals surface area contributed by atoms with Crippen LogP contribution < -0.4 is 4.90 Å². The number of rotatable bonds is 6. The lowest BCUT2D eigenvalue weighted by molar-refractivity contribution is 0.660. The summed E-state index contributed by atoms with van der Waals surface area (Å²) in [5.41, 5.74) is 17.1. The molecule has 0 saturated heterocycles. The first-order chi connectivity index (χ1) is 31.0. The van der Waals surface area contributed by atoms with Gasteiger partial charge in [0.2, 0.25) is 0 Å². The third-order valence-electron chi connectivity index (χ3n) is 13.9. The summed E-state index contributed by atoms with van der Waals surface area (Å²) < 4.78 is 2.48. The van der Waals surface area contributed by atoms with E-state index in [-0.39, 0.29) is 5.41 Å². The molecule has 11 aromatic carbocycles. The zero-order valence-electron chi connectivity index (χ0n) is 35.2. The minimum absolute atomic E-state index is 0.0866. The Morgan fingerprint density at radius 2 is 0.937 bits per heavy atom. The predicted molar refractivity (Wildman–Crippen MR) is 268 cm³/mol. The van der Waals surface area contributed by atoms with E-state index in [1.165, 1.54) is 98.6 Å². The van der Waals surface area contributed by atoms with Gasteiger partial charge in [0.05, 0.1) is 11.0 Å². The third kappa shape index (κ3) is 5.38. The molecule has 0 fully saturated rings. The van der Waals surface area contributed by atoms with Crippen LogP contribution in [0.4, 0.5) is 17.1 Å². The lowest BCUT2D eigenvalue weighted by atomic mass is 9.82. The maximum absolute atomic E-state index is 2.48. The second-order valence-corrected chi connectivity index (χ2v) is 17.7. The maximum atomic E-state index is 2.48. The Labute approximate surface area is 366 Å². The van der Waals surface area contributed by atoms with Crippen molar-refractivity contribution in [3.8, 4) is 39.1 Å². The summed E-state index contributed by atoms with van der Waals surface area (Å²) in [4.78, 5) is 2.39. The van der Waals surface area contributed by atoms with E-state index in [0.717, 1.165) is 22.7 Å². The SMILES string of the molecule is CC1(C)c2ccccc2-c2ccc(N(c3ccccc3)c3ccc(-c4ccc5c6c7ccc8cccc9ccc(cc6n(-c6ccc(-c%10ccccc%10)cc6)c5c4)c7c98)cc3)cc21. The summed E-state index contributed by atoms with van der Waals surface area (Å²) in [5.74, 6) is 0. The van der Waals surface area contributed by atoms with Crippen molar-refractivity contribution < 1.29 is 0 Å². The molecular formula is C61H42N2. The zero-order chi connectivity index (χ0) is 41.8. The maximum Gasteiger partial charge on any atom is 0.0553 e. The second kappa shape index (κ2) is 13.5. The second-order valence-electron chi connectivity index (χ2n) is 17.7. The molecule has 0 bridgehead atoms. The quantitative estimate of drug-likeness (QED) is 0.152. The van der Waals surface area contributed by atoms with Gasteiger partial charge in [0.1, 0.15) is 0 Å². The summed E-state index contributed by atoms with van der Waals surface area (Å²) in [5, 5.41) is 10.4. The largest absolute Gasteiger partial charge is 0.310 e. The van der Waals surface area contributed by atoms with Gasteiger partial charge in [0.15, 0.2) is 0 Å². The lowest BCUT2D eigenvalue weighted by Gasteiger charge is -2.28. The summed E-state index contributed by atoms with van der Waals surface area (Å²) in [6.45, 7) is 4.71. The lowest BCUT2D eigenvalue weighted by Crippen LogP contribution is -2.16. The first-order valence-corrected chi connectivity index (χ1v) is 22.0. The smallest absolute Gasteiger partial charge is 0.0553 e. The molecular weight excluding hydrogens is 761 g/mol. The molecule has 0 N–H and O–H groups in total. The van der Waals surface area contributed by atoms with Crippen molar-refractivity contribution in [1.29, 1.82) is 0 Å². The van der Waals surface area contributed by atoms with E-state index >= 15 is 0 Å². The molecule has 0 saturated carbocycles. The molecule has 0 unspecified atom stereocenters. The molecule has 2 nitrogen and oxygen atoms in total. The molecule has 0 amide bonds. The van der Waals surface area contributed by atoms with Gasteiger partial charge in [-0.15, -0.1) is 0 Å². The number of nitrogens with zero attached hydrogens (tertiary/aromatic N) is 2. The van der Waals surface area contributed by atoms with Gasteiger partial charge >= 0.3 is 0 Å². The molecule has 13 rings (SSSR count). The minimum Gasteiger partial charge on any atom is -0.310 e. The Morgan fingerprint density at radius 3 is 1.73 bits per heavy atom. The van der Waals surface area contributed by atoms with Crippen molar-refractivity contribution in [2.45, 2.75) is 19.3 Å². The van der Waals surface area contributed by atoms with Crippen LogP contribution in [0.25, 0.3) is 93.2 Å².